The first-order valence-corrected chi connectivity index (χ1v) is 13.4. The van der Waals surface area contributed by atoms with Crippen LogP contribution in [0, 0.1) is 11.6 Å². The van der Waals surface area contributed by atoms with Gasteiger partial charge in [-0.25, -0.2) is 8.78 Å². The number of benzene rings is 3. The van der Waals surface area contributed by atoms with Crippen molar-refractivity contribution in [2.24, 2.45) is 0 Å². The number of rotatable bonds is 5. The quantitative estimate of drug-likeness (QED) is 0.436. The van der Waals surface area contributed by atoms with Gasteiger partial charge in [0.2, 0.25) is 0 Å². The first kappa shape index (κ1) is 25.6. The lowest BCUT2D eigenvalue weighted by Gasteiger charge is -2.42. The number of hydrogen-bond acceptors (Lipinski definition) is 4. The van der Waals surface area contributed by atoms with Gasteiger partial charge in [0.15, 0.2) is 11.6 Å². The van der Waals surface area contributed by atoms with Gasteiger partial charge < -0.3 is 10.2 Å². The zero-order chi connectivity index (χ0) is 27.3. The number of imide groups is 1. The highest BCUT2D eigenvalue weighted by Gasteiger charge is 2.53. The van der Waals surface area contributed by atoms with Gasteiger partial charge in [-0.3, -0.25) is 19.3 Å². The third-order valence-corrected chi connectivity index (χ3v) is 8.57. The minimum absolute atomic E-state index is 0.185. The van der Waals surface area contributed by atoms with Gasteiger partial charge in [-0.15, -0.1) is 0 Å². The molecule has 1 fully saturated rings. The summed E-state index contributed by atoms with van der Waals surface area (Å²) in [5, 5.41) is 3.90. The molecule has 3 heterocycles. The molecular weight excluding hydrogens is 524 g/mol. The van der Waals surface area contributed by atoms with E-state index in [0.29, 0.717) is 47.5 Å². The van der Waals surface area contributed by atoms with E-state index in [1.54, 1.807) is 41.3 Å². The van der Waals surface area contributed by atoms with Crippen molar-refractivity contribution in [3.05, 3.63) is 99.6 Å². The molecule has 6 nitrogen and oxygen atoms in total. The molecule has 6 rings (SSSR count). The lowest BCUT2D eigenvalue weighted by molar-refractivity contribution is 0.0647. The largest absolute Gasteiger partial charge is 0.317 e. The summed E-state index contributed by atoms with van der Waals surface area (Å²) in [6, 6.07) is 15.3. The highest BCUT2D eigenvalue weighted by molar-refractivity contribution is 6.30. The molecule has 0 bridgehead atoms. The molecule has 0 aromatic heterocycles. The highest BCUT2D eigenvalue weighted by atomic mass is 35.5. The van der Waals surface area contributed by atoms with Crippen molar-refractivity contribution in [3.8, 4) is 0 Å². The maximum Gasteiger partial charge on any atom is 0.261 e. The summed E-state index contributed by atoms with van der Waals surface area (Å²) in [7, 11) is 0. The maximum atomic E-state index is 14.8. The monoisotopic (exact) mass is 549 g/mol. The number of nitrogens with one attached hydrogen (secondary N) is 1. The van der Waals surface area contributed by atoms with E-state index in [0.717, 1.165) is 24.7 Å². The predicted octanol–water partition coefficient (Wildman–Crippen LogP) is 5.34. The van der Waals surface area contributed by atoms with E-state index in [4.69, 9.17) is 11.6 Å². The number of carbonyl (C=O) groups excluding carboxylic acids is 3. The number of hydrogen-bond donors (Lipinski definition) is 1. The van der Waals surface area contributed by atoms with Crippen molar-refractivity contribution in [1.82, 2.24) is 10.2 Å². The normalized spacial score (nSPS) is 19.5. The van der Waals surface area contributed by atoms with E-state index in [1.807, 2.05) is 6.07 Å². The number of nitrogens with zero attached hydrogens (tertiary/aromatic N) is 2. The van der Waals surface area contributed by atoms with E-state index in [9.17, 15) is 23.2 Å². The molecule has 1 atom stereocenters. The first-order valence-electron chi connectivity index (χ1n) is 13.1. The van der Waals surface area contributed by atoms with E-state index in [2.05, 4.69) is 5.32 Å². The molecule has 0 radical (unpaired) electrons. The fourth-order valence-electron chi connectivity index (χ4n) is 6.53. The number of anilines is 1. The zero-order valence-corrected chi connectivity index (χ0v) is 21.8. The third-order valence-electron chi connectivity index (χ3n) is 8.34. The predicted molar refractivity (Wildman–Crippen MR) is 143 cm³/mol. The van der Waals surface area contributed by atoms with Crippen molar-refractivity contribution in [2.45, 2.75) is 37.1 Å². The molecule has 1 saturated heterocycles. The lowest BCUT2D eigenvalue weighted by Crippen LogP contribution is -2.52. The maximum absolute atomic E-state index is 14.8. The summed E-state index contributed by atoms with van der Waals surface area (Å²) in [6.45, 7) is 1.62. The van der Waals surface area contributed by atoms with Gasteiger partial charge in [-0.1, -0.05) is 29.8 Å². The molecule has 3 aliphatic heterocycles. The third kappa shape index (κ3) is 4.05. The summed E-state index contributed by atoms with van der Waals surface area (Å²) < 4.78 is 29.0. The Hall–Kier alpha value is -3.62. The van der Waals surface area contributed by atoms with Crippen LogP contribution in [-0.2, 0) is 5.41 Å². The Labute approximate surface area is 229 Å². The van der Waals surface area contributed by atoms with Crippen LogP contribution in [0.5, 0.6) is 0 Å². The van der Waals surface area contributed by atoms with Crippen LogP contribution in [0.25, 0.3) is 0 Å². The van der Waals surface area contributed by atoms with E-state index < -0.39 is 29.0 Å². The summed E-state index contributed by atoms with van der Waals surface area (Å²) >= 11 is 6.42. The summed E-state index contributed by atoms with van der Waals surface area (Å²) in [5.41, 5.74) is 1.50. The highest BCUT2D eigenvalue weighted by Crippen LogP contribution is 2.53. The van der Waals surface area contributed by atoms with Gasteiger partial charge in [-0.05, 0) is 86.8 Å². The minimum Gasteiger partial charge on any atom is -0.317 e. The number of fused-ring (bicyclic) bond motifs is 3. The van der Waals surface area contributed by atoms with Crippen LogP contribution >= 0.6 is 11.6 Å². The Morgan fingerprint density at radius 3 is 2.36 bits per heavy atom. The van der Waals surface area contributed by atoms with Crippen molar-refractivity contribution in [2.75, 3.05) is 24.5 Å². The van der Waals surface area contributed by atoms with E-state index >= 15 is 0 Å². The number of amides is 3. The topological polar surface area (TPSA) is 69.7 Å². The molecule has 1 spiro atoms. The van der Waals surface area contributed by atoms with Crippen LogP contribution in [0.15, 0.2) is 60.7 Å². The Morgan fingerprint density at radius 2 is 1.67 bits per heavy atom. The standard InChI is InChI=1S/C30H26ClF2N3O3/c31-18-10-11-24-22(17-18)30(12-14-34-15-13-30)25(36(24)29(39)21-7-3-8-23(32)26(21)33)9-4-16-35-27(37)19-5-1-2-6-20(19)28(35)38/h1-3,5-8,10-11,17,25,34H,4,9,12-16H2. The fraction of sp³-hybridized carbons (Fsp3) is 0.300. The fourth-order valence-corrected chi connectivity index (χ4v) is 6.70. The molecule has 3 aromatic rings. The SMILES string of the molecule is O=C1c2ccccc2C(=O)N1CCCC1N(C(=O)c2cccc(F)c2F)c2ccc(Cl)cc2C12CCNCC2. The van der Waals surface area contributed by atoms with Gasteiger partial charge in [0.25, 0.3) is 17.7 Å². The lowest BCUT2D eigenvalue weighted by atomic mass is 9.68. The van der Waals surface area contributed by atoms with Crippen LogP contribution in [0.4, 0.5) is 14.5 Å². The second kappa shape index (κ2) is 9.84. The van der Waals surface area contributed by atoms with E-state index in [-0.39, 0.29) is 23.9 Å². The molecule has 9 heteroatoms. The Kier molecular flexibility index (Phi) is 6.47. The van der Waals surface area contributed by atoms with Gasteiger partial charge in [-0.2, -0.15) is 0 Å². The summed E-state index contributed by atoms with van der Waals surface area (Å²) in [5.74, 6) is -3.56. The van der Waals surface area contributed by atoms with Crippen LogP contribution in [0.3, 0.4) is 0 Å². The smallest absolute Gasteiger partial charge is 0.261 e. The van der Waals surface area contributed by atoms with Crippen LogP contribution in [-0.4, -0.2) is 48.3 Å². The molecule has 0 saturated carbocycles. The summed E-state index contributed by atoms with van der Waals surface area (Å²) in [4.78, 5) is 42.6. The molecule has 3 amide bonds. The Morgan fingerprint density at radius 1 is 0.974 bits per heavy atom. The molecule has 1 N–H and O–H groups in total. The second-order valence-electron chi connectivity index (χ2n) is 10.3. The number of carbonyl (C=O) groups is 3. The molecule has 3 aromatic carbocycles. The zero-order valence-electron chi connectivity index (χ0n) is 21.1. The van der Waals surface area contributed by atoms with E-state index in [1.165, 1.54) is 17.0 Å². The van der Waals surface area contributed by atoms with Gasteiger partial charge >= 0.3 is 0 Å². The first-order chi connectivity index (χ1) is 18.8. The Bertz CT molecular complexity index is 1470. The van der Waals surface area contributed by atoms with Gasteiger partial charge in [0.05, 0.1) is 16.7 Å². The molecule has 1 unspecified atom stereocenters. The number of piperidine rings is 1. The molecule has 200 valence electrons. The van der Waals surface area contributed by atoms with Crippen LogP contribution < -0.4 is 10.2 Å². The average Bonchev–Trinajstić information content (AvgIpc) is 3.34. The minimum atomic E-state index is -1.19. The molecular formula is C30H26ClF2N3O3. The van der Waals surface area contributed by atoms with Crippen molar-refractivity contribution in [3.63, 3.8) is 0 Å². The number of halogens is 3. The van der Waals surface area contributed by atoms with Crippen LogP contribution in [0.2, 0.25) is 5.02 Å². The molecule has 3 aliphatic rings. The molecule has 0 aliphatic carbocycles. The van der Waals surface area contributed by atoms with Gasteiger partial charge in [0, 0.05) is 28.7 Å². The van der Waals surface area contributed by atoms with Crippen molar-refractivity contribution < 1.29 is 23.2 Å². The average molecular weight is 550 g/mol. The Balaban J connectivity index is 1.35. The second-order valence-corrected chi connectivity index (χ2v) is 10.7. The van der Waals surface area contributed by atoms with Crippen LogP contribution in [0.1, 0.15) is 62.3 Å². The van der Waals surface area contributed by atoms with Gasteiger partial charge in [0.1, 0.15) is 0 Å². The molecule has 39 heavy (non-hydrogen) atoms. The van der Waals surface area contributed by atoms with Crippen molar-refractivity contribution >= 4 is 35.0 Å². The van der Waals surface area contributed by atoms with Crippen molar-refractivity contribution in [1.29, 1.82) is 0 Å². The summed E-state index contributed by atoms with van der Waals surface area (Å²) in [6.07, 6.45) is 2.31.